The molecule has 2 aliphatic rings. The lowest BCUT2D eigenvalue weighted by Gasteiger charge is -2.50. The van der Waals surface area contributed by atoms with Crippen LogP contribution in [0.3, 0.4) is 0 Å². The van der Waals surface area contributed by atoms with E-state index in [1.165, 1.54) is 57.4 Å². The van der Waals surface area contributed by atoms with Crippen molar-refractivity contribution in [3.8, 4) is 0 Å². The van der Waals surface area contributed by atoms with Crippen LogP contribution in [-0.2, 0) is 6.54 Å². The molecule has 122 valence electrons. The van der Waals surface area contributed by atoms with Gasteiger partial charge in [-0.3, -0.25) is 9.80 Å². The van der Waals surface area contributed by atoms with Crippen LogP contribution in [-0.4, -0.2) is 41.5 Å². The van der Waals surface area contributed by atoms with E-state index in [2.05, 4.69) is 60.9 Å². The lowest BCUT2D eigenvalue weighted by Crippen LogP contribution is -2.53. The molecule has 22 heavy (non-hydrogen) atoms. The topological polar surface area (TPSA) is 6.48 Å². The van der Waals surface area contributed by atoms with Gasteiger partial charge in [-0.15, -0.1) is 0 Å². The molecule has 2 heterocycles. The molecule has 2 saturated heterocycles. The van der Waals surface area contributed by atoms with E-state index in [0.29, 0.717) is 11.0 Å². The Bertz CT molecular complexity index is 466. The Kier molecular flexibility index (Phi) is 4.61. The van der Waals surface area contributed by atoms with Crippen molar-refractivity contribution in [1.29, 1.82) is 0 Å². The maximum Gasteiger partial charge on any atom is 0.0233 e. The summed E-state index contributed by atoms with van der Waals surface area (Å²) in [5.74, 6) is 0. The SMILES string of the molecule is CC(C)(C)N1CCC2(CCCN(Cc3ccccc3)C2)CC1. The first-order valence-corrected chi connectivity index (χ1v) is 8.98. The maximum atomic E-state index is 2.70. The Hall–Kier alpha value is -0.860. The molecule has 2 heteroatoms. The number of benzene rings is 1. The highest BCUT2D eigenvalue weighted by Crippen LogP contribution is 2.41. The molecule has 0 aromatic heterocycles. The average molecular weight is 300 g/mol. The maximum absolute atomic E-state index is 2.70. The molecular weight excluding hydrogens is 268 g/mol. The summed E-state index contributed by atoms with van der Waals surface area (Å²) in [5, 5.41) is 0. The Morgan fingerprint density at radius 2 is 1.64 bits per heavy atom. The van der Waals surface area contributed by atoms with Crippen LogP contribution in [0, 0.1) is 5.41 Å². The molecule has 3 rings (SSSR count). The molecule has 0 unspecified atom stereocenters. The minimum absolute atomic E-state index is 0.333. The van der Waals surface area contributed by atoms with E-state index in [1.54, 1.807) is 0 Å². The largest absolute Gasteiger partial charge is 0.299 e. The standard InChI is InChI=1S/C20H32N2/c1-19(2,3)22-14-11-20(12-15-22)10-7-13-21(17-20)16-18-8-5-4-6-9-18/h4-6,8-9H,7,10-17H2,1-3H3. The fraction of sp³-hybridized carbons (Fsp3) is 0.700. The fourth-order valence-corrected chi connectivity index (χ4v) is 4.35. The van der Waals surface area contributed by atoms with Gasteiger partial charge >= 0.3 is 0 Å². The molecule has 1 aromatic rings. The van der Waals surface area contributed by atoms with E-state index >= 15 is 0 Å². The van der Waals surface area contributed by atoms with Crippen LogP contribution < -0.4 is 0 Å². The molecule has 0 aliphatic carbocycles. The van der Waals surface area contributed by atoms with E-state index in [9.17, 15) is 0 Å². The smallest absolute Gasteiger partial charge is 0.0233 e. The van der Waals surface area contributed by atoms with Gasteiger partial charge in [-0.1, -0.05) is 30.3 Å². The van der Waals surface area contributed by atoms with E-state index in [0.717, 1.165) is 6.54 Å². The lowest BCUT2D eigenvalue weighted by molar-refractivity contribution is -0.00632. The second-order valence-electron chi connectivity index (χ2n) is 8.46. The van der Waals surface area contributed by atoms with E-state index < -0.39 is 0 Å². The van der Waals surface area contributed by atoms with Gasteiger partial charge in [-0.2, -0.15) is 0 Å². The van der Waals surface area contributed by atoms with E-state index in [1.807, 2.05) is 0 Å². The lowest BCUT2D eigenvalue weighted by atomic mass is 9.72. The van der Waals surface area contributed by atoms with Gasteiger partial charge in [0.25, 0.3) is 0 Å². The first-order valence-electron chi connectivity index (χ1n) is 8.98. The molecule has 0 saturated carbocycles. The monoisotopic (exact) mass is 300 g/mol. The van der Waals surface area contributed by atoms with Crippen LogP contribution in [0.1, 0.15) is 52.0 Å². The summed E-state index contributed by atoms with van der Waals surface area (Å²) < 4.78 is 0. The van der Waals surface area contributed by atoms with Gasteiger partial charge in [0.2, 0.25) is 0 Å². The predicted octanol–water partition coefficient (Wildman–Crippen LogP) is 4.16. The highest BCUT2D eigenvalue weighted by atomic mass is 15.2. The van der Waals surface area contributed by atoms with Crippen molar-refractivity contribution in [2.24, 2.45) is 5.41 Å². The van der Waals surface area contributed by atoms with Crippen LogP contribution in [0.4, 0.5) is 0 Å². The Balaban J connectivity index is 1.59. The second kappa shape index (κ2) is 6.33. The third-order valence-electron chi connectivity index (χ3n) is 5.76. The normalized spacial score (nSPS) is 23.8. The number of rotatable bonds is 2. The van der Waals surface area contributed by atoms with Gasteiger partial charge in [0.15, 0.2) is 0 Å². The van der Waals surface area contributed by atoms with Gasteiger partial charge < -0.3 is 0 Å². The summed E-state index contributed by atoms with van der Waals surface area (Å²) in [5.41, 5.74) is 2.39. The summed E-state index contributed by atoms with van der Waals surface area (Å²) in [6.07, 6.45) is 5.59. The van der Waals surface area contributed by atoms with Crippen molar-refractivity contribution in [3.63, 3.8) is 0 Å². The first-order chi connectivity index (χ1) is 10.5. The molecule has 0 bridgehead atoms. The zero-order valence-corrected chi connectivity index (χ0v) is 14.6. The highest BCUT2D eigenvalue weighted by Gasteiger charge is 2.40. The molecule has 2 aliphatic heterocycles. The third kappa shape index (κ3) is 3.72. The van der Waals surface area contributed by atoms with Gasteiger partial charge in [-0.25, -0.2) is 0 Å². The summed E-state index contributed by atoms with van der Waals surface area (Å²) in [7, 11) is 0. The van der Waals surface area contributed by atoms with Crippen molar-refractivity contribution >= 4 is 0 Å². The molecule has 0 N–H and O–H groups in total. The zero-order chi connectivity index (χ0) is 15.6. The van der Waals surface area contributed by atoms with Crippen LogP contribution in [0.15, 0.2) is 30.3 Å². The Morgan fingerprint density at radius 3 is 2.27 bits per heavy atom. The highest BCUT2D eigenvalue weighted by molar-refractivity contribution is 5.14. The van der Waals surface area contributed by atoms with Crippen molar-refractivity contribution in [1.82, 2.24) is 9.80 Å². The number of nitrogens with zero attached hydrogens (tertiary/aromatic N) is 2. The summed E-state index contributed by atoms with van der Waals surface area (Å²) in [6, 6.07) is 11.0. The van der Waals surface area contributed by atoms with Crippen LogP contribution in [0.25, 0.3) is 0 Å². The molecule has 2 fully saturated rings. The molecule has 0 amide bonds. The molecule has 1 spiro atoms. The minimum Gasteiger partial charge on any atom is -0.299 e. The van der Waals surface area contributed by atoms with Crippen LogP contribution in [0.2, 0.25) is 0 Å². The quantitative estimate of drug-likeness (QED) is 0.809. The second-order valence-corrected chi connectivity index (χ2v) is 8.46. The Labute approximate surface area is 136 Å². The van der Waals surface area contributed by atoms with Gasteiger partial charge in [0.05, 0.1) is 0 Å². The van der Waals surface area contributed by atoms with Gasteiger partial charge in [0, 0.05) is 18.6 Å². The molecule has 1 aromatic carbocycles. The Morgan fingerprint density at radius 1 is 0.955 bits per heavy atom. The van der Waals surface area contributed by atoms with Crippen molar-refractivity contribution in [2.75, 3.05) is 26.2 Å². The zero-order valence-electron chi connectivity index (χ0n) is 14.6. The number of piperidine rings is 2. The summed E-state index contributed by atoms with van der Waals surface area (Å²) in [4.78, 5) is 5.37. The fourth-order valence-electron chi connectivity index (χ4n) is 4.35. The molecule has 2 nitrogen and oxygen atoms in total. The van der Waals surface area contributed by atoms with Crippen molar-refractivity contribution in [2.45, 2.75) is 58.5 Å². The number of hydrogen-bond donors (Lipinski definition) is 0. The summed E-state index contributed by atoms with van der Waals surface area (Å²) in [6.45, 7) is 13.3. The van der Waals surface area contributed by atoms with E-state index in [4.69, 9.17) is 0 Å². The number of hydrogen-bond acceptors (Lipinski definition) is 2. The number of likely N-dealkylation sites (tertiary alicyclic amines) is 2. The van der Waals surface area contributed by atoms with E-state index in [-0.39, 0.29) is 0 Å². The summed E-state index contributed by atoms with van der Waals surface area (Å²) >= 11 is 0. The molecule has 0 atom stereocenters. The van der Waals surface area contributed by atoms with Crippen LogP contribution >= 0.6 is 0 Å². The molecule has 0 radical (unpaired) electrons. The van der Waals surface area contributed by atoms with Crippen molar-refractivity contribution in [3.05, 3.63) is 35.9 Å². The first kappa shape index (κ1) is 16.0. The van der Waals surface area contributed by atoms with Crippen LogP contribution in [0.5, 0.6) is 0 Å². The predicted molar refractivity (Wildman–Crippen MR) is 93.9 cm³/mol. The van der Waals surface area contributed by atoms with Gasteiger partial charge in [-0.05, 0) is 77.1 Å². The minimum atomic E-state index is 0.333. The third-order valence-corrected chi connectivity index (χ3v) is 5.76. The molecular formula is C20H32N2. The van der Waals surface area contributed by atoms with Crippen molar-refractivity contribution < 1.29 is 0 Å². The average Bonchev–Trinajstić information content (AvgIpc) is 2.48. The van der Waals surface area contributed by atoms with Gasteiger partial charge in [0.1, 0.15) is 0 Å².